The van der Waals surface area contributed by atoms with E-state index in [1.54, 1.807) is 6.26 Å². The van der Waals surface area contributed by atoms with Gasteiger partial charge in [0.25, 0.3) is 0 Å². The molecule has 2 amide bonds. The molecule has 0 aromatic heterocycles. The highest BCUT2D eigenvalue weighted by atomic mass is 35.5. The summed E-state index contributed by atoms with van der Waals surface area (Å²) in [6.45, 7) is 0.313. The van der Waals surface area contributed by atoms with Crippen LogP contribution in [0.4, 0.5) is 10.5 Å². The second-order valence-corrected chi connectivity index (χ2v) is 6.18. The molecule has 0 heterocycles. The predicted octanol–water partition coefficient (Wildman–Crippen LogP) is 3.15. The van der Waals surface area contributed by atoms with Gasteiger partial charge in [0, 0.05) is 29.4 Å². The van der Waals surface area contributed by atoms with Gasteiger partial charge in [0.05, 0.1) is 20.8 Å². The van der Waals surface area contributed by atoms with Crippen LogP contribution in [-0.4, -0.2) is 28.8 Å². The van der Waals surface area contributed by atoms with Crippen molar-refractivity contribution < 1.29 is 9.00 Å². The molecule has 1 aromatic carbocycles. The molecular formula is C10H11Cl3N2O2S. The van der Waals surface area contributed by atoms with Crippen LogP contribution in [0.1, 0.15) is 0 Å². The Bertz CT molecular complexity index is 482. The van der Waals surface area contributed by atoms with E-state index in [-0.39, 0.29) is 0 Å². The first kappa shape index (κ1) is 15.6. The van der Waals surface area contributed by atoms with Crippen molar-refractivity contribution >= 4 is 57.3 Å². The second-order valence-electron chi connectivity index (χ2n) is 3.40. The third-order valence-electron chi connectivity index (χ3n) is 1.93. The van der Waals surface area contributed by atoms with Crippen LogP contribution in [0.5, 0.6) is 0 Å². The maximum atomic E-state index is 11.5. The number of rotatable bonds is 4. The van der Waals surface area contributed by atoms with E-state index < -0.39 is 16.8 Å². The van der Waals surface area contributed by atoms with Crippen molar-refractivity contribution in [2.24, 2.45) is 0 Å². The molecule has 8 heteroatoms. The Morgan fingerprint density at radius 1 is 1.22 bits per heavy atom. The van der Waals surface area contributed by atoms with E-state index in [4.69, 9.17) is 34.8 Å². The molecule has 1 rings (SSSR count). The zero-order chi connectivity index (χ0) is 13.7. The highest BCUT2D eigenvalue weighted by Crippen LogP contribution is 2.32. The molecule has 1 unspecified atom stereocenters. The molecule has 0 bridgehead atoms. The van der Waals surface area contributed by atoms with Gasteiger partial charge >= 0.3 is 6.03 Å². The Hall–Kier alpha value is -0.490. The summed E-state index contributed by atoms with van der Waals surface area (Å²) >= 11 is 17.5. The van der Waals surface area contributed by atoms with Crippen molar-refractivity contribution in [3.63, 3.8) is 0 Å². The fraction of sp³-hybridized carbons (Fsp3) is 0.300. The molecule has 18 heavy (non-hydrogen) atoms. The molecule has 100 valence electrons. The fourth-order valence-electron chi connectivity index (χ4n) is 1.09. The SMILES string of the molecule is CS(=O)CCNC(=O)Nc1cc(Cl)c(Cl)cc1Cl. The van der Waals surface area contributed by atoms with E-state index in [0.717, 1.165) is 0 Å². The minimum Gasteiger partial charge on any atom is -0.337 e. The van der Waals surface area contributed by atoms with Crippen LogP contribution in [0.3, 0.4) is 0 Å². The van der Waals surface area contributed by atoms with Crippen LogP contribution >= 0.6 is 34.8 Å². The monoisotopic (exact) mass is 328 g/mol. The minimum atomic E-state index is -0.947. The van der Waals surface area contributed by atoms with Gasteiger partial charge in [-0.3, -0.25) is 4.21 Å². The first-order valence-electron chi connectivity index (χ1n) is 4.89. The smallest absolute Gasteiger partial charge is 0.319 e. The molecule has 0 saturated heterocycles. The van der Waals surface area contributed by atoms with Crippen molar-refractivity contribution in [2.45, 2.75) is 0 Å². The molecule has 0 spiro atoms. The summed E-state index contributed by atoms with van der Waals surface area (Å²) in [7, 11) is -0.947. The van der Waals surface area contributed by atoms with Crippen molar-refractivity contribution in [1.29, 1.82) is 0 Å². The third kappa shape index (κ3) is 5.02. The van der Waals surface area contributed by atoms with Gasteiger partial charge in [-0.05, 0) is 12.1 Å². The van der Waals surface area contributed by atoms with Gasteiger partial charge in [-0.25, -0.2) is 4.79 Å². The Kier molecular flexibility index (Phi) is 6.21. The minimum absolute atomic E-state index is 0.290. The topological polar surface area (TPSA) is 58.2 Å². The first-order chi connectivity index (χ1) is 8.40. The molecule has 0 aliphatic carbocycles. The van der Waals surface area contributed by atoms with Gasteiger partial charge in [0.1, 0.15) is 0 Å². The summed E-state index contributed by atoms with van der Waals surface area (Å²) in [5.74, 6) is 0.391. The van der Waals surface area contributed by atoms with Gasteiger partial charge in [-0.2, -0.15) is 0 Å². The number of halogens is 3. The molecule has 4 nitrogen and oxygen atoms in total. The van der Waals surface area contributed by atoms with Crippen LogP contribution in [0.2, 0.25) is 15.1 Å². The predicted molar refractivity (Wildman–Crippen MR) is 77.4 cm³/mol. The zero-order valence-corrected chi connectivity index (χ0v) is 12.5. The fourth-order valence-corrected chi connectivity index (χ4v) is 2.08. The van der Waals surface area contributed by atoms with Gasteiger partial charge < -0.3 is 10.6 Å². The number of nitrogens with one attached hydrogen (secondary N) is 2. The van der Waals surface area contributed by atoms with Gasteiger partial charge in [-0.1, -0.05) is 34.8 Å². The van der Waals surface area contributed by atoms with E-state index in [9.17, 15) is 9.00 Å². The van der Waals surface area contributed by atoms with E-state index in [1.165, 1.54) is 12.1 Å². The lowest BCUT2D eigenvalue weighted by Crippen LogP contribution is -2.31. The number of hydrogen-bond donors (Lipinski definition) is 2. The lowest BCUT2D eigenvalue weighted by atomic mass is 10.3. The number of urea groups is 1. The van der Waals surface area contributed by atoms with Crippen LogP contribution in [-0.2, 0) is 10.8 Å². The standard InChI is InChI=1S/C10H11Cl3N2O2S/c1-18(17)3-2-14-10(16)15-9-5-7(12)6(11)4-8(9)13/h4-5H,2-3H2,1H3,(H2,14,15,16). The first-order valence-corrected chi connectivity index (χ1v) is 7.75. The maximum absolute atomic E-state index is 11.5. The van der Waals surface area contributed by atoms with E-state index >= 15 is 0 Å². The molecule has 0 aliphatic heterocycles. The molecule has 1 atom stereocenters. The Balaban J connectivity index is 2.59. The number of benzene rings is 1. The van der Waals surface area contributed by atoms with Gasteiger partial charge in [-0.15, -0.1) is 0 Å². The molecule has 1 aromatic rings. The molecule has 0 saturated carbocycles. The Labute approximate surface area is 122 Å². The summed E-state index contributed by atoms with van der Waals surface area (Å²) in [6.07, 6.45) is 1.56. The number of carbonyl (C=O) groups is 1. The number of hydrogen-bond acceptors (Lipinski definition) is 2. The summed E-state index contributed by atoms with van der Waals surface area (Å²) in [6, 6.07) is 2.46. The zero-order valence-electron chi connectivity index (χ0n) is 9.43. The maximum Gasteiger partial charge on any atom is 0.319 e. The molecule has 0 aliphatic rings. The van der Waals surface area contributed by atoms with Crippen LogP contribution in [0.25, 0.3) is 0 Å². The van der Waals surface area contributed by atoms with Crippen LogP contribution < -0.4 is 10.6 Å². The quantitative estimate of drug-likeness (QED) is 0.834. The number of anilines is 1. The summed E-state index contributed by atoms with van der Waals surface area (Å²) in [5, 5.41) is 5.98. The van der Waals surface area contributed by atoms with Crippen molar-refractivity contribution in [2.75, 3.05) is 23.9 Å². The third-order valence-corrected chi connectivity index (χ3v) is 3.75. The van der Waals surface area contributed by atoms with Crippen LogP contribution in [0, 0.1) is 0 Å². The van der Waals surface area contributed by atoms with E-state index in [1.807, 2.05) is 0 Å². The highest BCUT2D eigenvalue weighted by molar-refractivity contribution is 7.84. The summed E-state index contributed by atoms with van der Waals surface area (Å²) < 4.78 is 10.8. The molecule has 0 radical (unpaired) electrons. The Morgan fingerprint density at radius 2 is 1.83 bits per heavy atom. The summed E-state index contributed by atoms with van der Waals surface area (Å²) in [5.41, 5.74) is 0.362. The average Bonchev–Trinajstić information content (AvgIpc) is 2.25. The van der Waals surface area contributed by atoms with Crippen molar-refractivity contribution in [3.05, 3.63) is 27.2 Å². The number of carbonyl (C=O) groups excluding carboxylic acids is 1. The largest absolute Gasteiger partial charge is 0.337 e. The lowest BCUT2D eigenvalue weighted by molar-refractivity contribution is 0.252. The van der Waals surface area contributed by atoms with Crippen molar-refractivity contribution in [3.8, 4) is 0 Å². The molecule has 0 fully saturated rings. The van der Waals surface area contributed by atoms with Gasteiger partial charge in [0.15, 0.2) is 0 Å². The van der Waals surface area contributed by atoms with Crippen LogP contribution in [0.15, 0.2) is 12.1 Å². The van der Waals surface area contributed by atoms with E-state index in [0.29, 0.717) is 33.1 Å². The van der Waals surface area contributed by atoms with E-state index in [2.05, 4.69) is 10.6 Å². The molecule has 2 N–H and O–H groups in total. The van der Waals surface area contributed by atoms with Crippen molar-refractivity contribution in [1.82, 2.24) is 5.32 Å². The lowest BCUT2D eigenvalue weighted by Gasteiger charge is -2.09. The average molecular weight is 330 g/mol. The summed E-state index contributed by atoms with van der Waals surface area (Å²) in [4.78, 5) is 11.5. The van der Waals surface area contributed by atoms with Gasteiger partial charge in [0.2, 0.25) is 0 Å². The normalized spacial score (nSPS) is 12.0. The number of amides is 2. The Morgan fingerprint density at radius 3 is 2.44 bits per heavy atom. The highest BCUT2D eigenvalue weighted by Gasteiger charge is 2.08. The second kappa shape index (κ2) is 7.19. The molecular weight excluding hydrogens is 319 g/mol.